The molecule has 1 amide bonds. The fraction of sp³-hybridized carbons (Fsp3) is 0.333. The summed E-state index contributed by atoms with van der Waals surface area (Å²) in [5.41, 5.74) is 9.58. The lowest BCUT2D eigenvalue weighted by Crippen LogP contribution is -2.15. The van der Waals surface area contributed by atoms with Gasteiger partial charge in [0.2, 0.25) is 17.5 Å². The van der Waals surface area contributed by atoms with Gasteiger partial charge in [0.15, 0.2) is 0 Å². The summed E-state index contributed by atoms with van der Waals surface area (Å²) in [6.45, 7) is 4.82. The maximum atomic E-state index is 10.8. The lowest BCUT2D eigenvalue weighted by Gasteiger charge is -1.99. The number of hydrogen-bond donors (Lipinski definition) is 2. The zero-order valence-corrected chi connectivity index (χ0v) is 10.6. The number of amides is 1. The van der Waals surface area contributed by atoms with Gasteiger partial charge in [-0.25, -0.2) is 10.1 Å². The summed E-state index contributed by atoms with van der Waals surface area (Å²) in [4.78, 5) is 10.8. The van der Waals surface area contributed by atoms with Crippen molar-refractivity contribution in [3.63, 3.8) is 0 Å². The summed E-state index contributed by atoms with van der Waals surface area (Å²) >= 11 is 0. The second-order valence-electron chi connectivity index (χ2n) is 3.77. The lowest BCUT2D eigenvalue weighted by molar-refractivity contribution is -0.118. The van der Waals surface area contributed by atoms with E-state index < -0.39 is 0 Å². The average molecular weight is 264 g/mol. The summed E-state index contributed by atoms with van der Waals surface area (Å²) < 4.78 is 5.89. The van der Waals surface area contributed by atoms with Gasteiger partial charge >= 0.3 is 0 Å². The molecular formula is C9H12N8O2. The summed E-state index contributed by atoms with van der Waals surface area (Å²) in [5.74, 6) is 0.0916. The minimum Gasteiger partial charge on any atom is -0.378 e. The van der Waals surface area contributed by atoms with Gasteiger partial charge in [-0.2, -0.15) is 9.78 Å². The van der Waals surface area contributed by atoms with Crippen LogP contribution in [0.2, 0.25) is 0 Å². The zero-order valence-electron chi connectivity index (χ0n) is 10.6. The molecule has 0 saturated heterocycles. The molecule has 10 heteroatoms. The van der Waals surface area contributed by atoms with E-state index in [0.29, 0.717) is 17.1 Å². The minimum absolute atomic E-state index is 0.107. The van der Waals surface area contributed by atoms with Crippen LogP contribution >= 0.6 is 0 Å². The molecule has 0 atom stereocenters. The van der Waals surface area contributed by atoms with E-state index in [0.717, 1.165) is 0 Å². The van der Waals surface area contributed by atoms with Crippen molar-refractivity contribution in [2.24, 2.45) is 5.10 Å². The van der Waals surface area contributed by atoms with E-state index in [2.05, 4.69) is 35.8 Å². The van der Waals surface area contributed by atoms with Crippen LogP contribution in [0.5, 0.6) is 0 Å². The number of hydrazone groups is 1. The van der Waals surface area contributed by atoms with E-state index >= 15 is 0 Å². The standard InChI is InChI=1S/C9H12N8O2/c1-4(11-12-6(3)18)7-5(2)17(16-13-7)9-8(10)14-19-15-9/h1-3H3,(H2,10,14)(H,12,18)/b11-4+. The van der Waals surface area contributed by atoms with E-state index in [1.807, 2.05) is 0 Å². The zero-order chi connectivity index (χ0) is 14.0. The van der Waals surface area contributed by atoms with Crippen LogP contribution in [0.1, 0.15) is 25.2 Å². The van der Waals surface area contributed by atoms with Gasteiger partial charge in [-0.3, -0.25) is 4.79 Å². The Morgan fingerprint density at radius 3 is 2.74 bits per heavy atom. The van der Waals surface area contributed by atoms with Gasteiger partial charge in [0.25, 0.3) is 0 Å². The molecule has 100 valence electrons. The summed E-state index contributed by atoms with van der Waals surface area (Å²) in [6, 6.07) is 0. The SMILES string of the molecule is CC(=O)N/N=C(\C)c1nnn(-c2nonc2N)c1C. The van der Waals surface area contributed by atoms with Crippen LogP contribution in [0.3, 0.4) is 0 Å². The van der Waals surface area contributed by atoms with E-state index in [4.69, 9.17) is 5.73 Å². The number of carbonyl (C=O) groups is 1. The van der Waals surface area contributed by atoms with Crippen molar-refractivity contribution in [2.75, 3.05) is 5.73 Å². The number of nitrogens with one attached hydrogen (secondary N) is 1. The Bertz CT molecular complexity index is 640. The molecule has 0 aliphatic rings. The van der Waals surface area contributed by atoms with Crippen LogP contribution in [0.4, 0.5) is 5.82 Å². The van der Waals surface area contributed by atoms with Crippen LogP contribution in [0.25, 0.3) is 5.82 Å². The number of aromatic nitrogens is 5. The van der Waals surface area contributed by atoms with Crippen LogP contribution < -0.4 is 11.2 Å². The smallest absolute Gasteiger partial charge is 0.243 e. The molecular weight excluding hydrogens is 252 g/mol. The highest BCUT2D eigenvalue weighted by molar-refractivity contribution is 5.98. The number of rotatable bonds is 3. The second kappa shape index (κ2) is 4.84. The largest absolute Gasteiger partial charge is 0.378 e. The van der Waals surface area contributed by atoms with Crippen molar-refractivity contribution in [1.29, 1.82) is 0 Å². The molecule has 19 heavy (non-hydrogen) atoms. The van der Waals surface area contributed by atoms with E-state index in [1.165, 1.54) is 11.6 Å². The highest BCUT2D eigenvalue weighted by Gasteiger charge is 2.17. The first-order chi connectivity index (χ1) is 9.00. The van der Waals surface area contributed by atoms with Crippen LogP contribution in [0, 0.1) is 6.92 Å². The third kappa shape index (κ3) is 2.41. The highest BCUT2D eigenvalue weighted by Crippen LogP contribution is 2.14. The predicted octanol–water partition coefficient (Wildman–Crippen LogP) is -0.599. The molecule has 2 aromatic heterocycles. The van der Waals surface area contributed by atoms with Gasteiger partial charge in [-0.05, 0) is 24.2 Å². The third-order valence-electron chi connectivity index (χ3n) is 2.31. The number of carbonyl (C=O) groups excluding carboxylic acids is 1. The van der Waals surface area contributed by atoms with Crippen LogP contribution in [-0.4, -0.2) is 36.9 Å². The number of hydrogen-bond acceptors (Lipinski definition) is 8. The fourth-order valence-corrected chi connectivity index (χ4v) is 1.42. The van der Waals surface area contributed by atoms with Gasteiger partial charge < -0.3 is 5.73 Å². The van der Waals surface area contributed by atoms with Crippen LogP contribution in [0.15, 0.2) is 9.73 Å². The van der Waals surface area contributed by atoms with Crippen molar-refractivity contribution < 1.29 is 9.42 Å². The Morgan fingerprint density at radius 2 is 2.16 bits per heavy atom. The van der Waals surface area contributed by atoms with Crippen molar-refractivity contribution >= 4 is 17.4 Å². The molecule has 0 unspecified atom stereocenters. The molecule has 0 bridgehead atoms. The molecule has 2 heterocycles. The molecule has 0 fully saturated rings. The van der Waals surface area contributed by atoms with Gasteiger partial charge in [0.05, 0.1) is 11.4 Å². The maximum absolute atomic E-state index is 10.8. The Balaban J connectivity index is 2.36. The van der Waals surface area contributed by atoms with E-state index in [9.17, 15) is 4.79 Å². The first-order valence-corrected chi connectivity index (χ1v) is 5.32. The molecule has 10 nitrogen and oxygen atoms in total. The second-order valence-corrected chi connectivity index (χ2v) is 3.77. The number of anilines is 1. The van der Waals surface area contributed by atoms with Gasteiger partial charge in [0.1, 0.15) is 5.69 Å². The van der Waals surface area contributed by atoms with Crippen molar-refractivity contribution in [3.8, 4) is 5.82 Å². The molecule has 0 aliphatic carbocycles. The van der Waals surface area contributed by atoms with Gasteiger partial charge in [0, 0.05) is 6.92 Å². The number of nitrogen functional groups attached to an aromatic ring is 1. The molecule has 0 spiro atoms. The minimum atomic E-state index is -0.269. The van der Waals surface area contributed by atoms with Crippen molar-refractivity contribution in [3.05, 3.63) is 11.4 Å². The Hall–Kier alpha value is -2.78. The van der Waals surface area contributed by atoms with Gasteiger partial charge in [-0.1, -0.05) is 5.21 Å². The fourth-order valence-electron chi connectivity index (χ4n) is 1.42. The maximum Gasteiger partial charge on any atom is 0.243 e. The monoisotopic (exact) mass is 264 g/mol. The molecule has 0 saturated carbocycles. The molecule has 0 aromatic carbocycles. The van der Waals surface area contributed by atoms with Crippen LogP contribution in [-0.2, 0) is 4.79 Å². The number of nitrogens with zero attached hydrogens (tertiary/aromatic N) is 6. The molecule has 2 aromatic rings. The summed E-state index contributed by atoms with van der Waals surface area (Å²) in [5, 5.41) is 18.8. The lowest BCUT2D eigenvalue weighted by atomic mass is 10.2. The Kier molecular flexibility index (Phi) is 3.23. The van der Waals surface area contributed by atoms with Gasteiger partial charge in [-0.15, -0.1) is 5.10 Å². The molecule has 0 aliphatic heterocycles. The Labute approximate surface area is 107 Å². The third-order valence-corrected chi connectivity index (χ3v) is 2.31. The van der Waals surface area contributed by atoms with E-state index in [-0.39, 0.29) is 17.5 Å². The highest BCUT2D eigenvalue weighted by atomic mass is 16.6. The molecule has 2 rings (SSSR count). The topological polar surface area (TPSA) is 137 Å². The molecule has 0 radical (unpaired) electrons. The summed E-state index contributed by atoms with van der Waals surface area (Å²) in [7, 11) is 0. The van der Waals surface area contributed by atoms with E-state index in [1.54, 1.807) is 13.8 Å². The van der Waals surface area contributed by atoms with Crippen molar-refractivity contribution in [2.45, 2.75) is 20.8 Å². The average Bonchev–Trinajstić information content (AvgIpc) is 2.92. The normalized spacial score (nSPS) is 11.6. The summed E-state index contributed by atoms with van der Waals surface area (Å²) in [6.07, 6.45) is 0. The Morgan fingerprint density at radius 1 is 1.42 bits per heavy atom. The molecule has 3 N–H and O–H groups in total. The first-order valence-electron chi connectivity index (χ1n) is 5.32. The first kappa shape index (κ1) is 12.7. The predicted molar refractivity (Wildman–Crippen MR) is 64.4 cm³/mol. The quantitative estimate of drug-likeness (QED) is 0.557. The number of nitrogens with two attached hydrogens (primary N) is 1. The van der Waals surface area contributed by atoms with Crippen molar-refractivity contribution in [1.82, 2.24) is 30.7 Å².